The average Bonchev–Trinajstić information content (AvgIpc) is 2.55. The minimum Gasteiger partial charge on any atom is -0.497 e. The zero-order valence-electron chi connectivity index (χ0n) is 16.9. The summed E-state index contributed by atoms with van der Waals surface area (Å²) in [5.74, 6) is 0.828. The molecule has 0 heterocycles. The lowest BCUT2D eigenvalue weighted by molar-refractivity contribution is 0.00196. The first-order chi connectivity index (χ1) is 11.7. The number of methoxy groups -OCH3 is 1. The number of benzene rings is 1. The Bertz CT molecular complexity index is 463. The van der Waals surface area contributed by atoms with Gasteiger partial charge >= 0.3 is 0 Å². The van der Waals surface area contributed by atoms with E-state index in [1.54, 1.807) is 7.11 Å². The predicted octanol–water partition coefficient (Wildman–Crippen LogP) is 4.76. The molecule has 0 aliphatic carbocycles. The van der Waals surface area contributed by atoms with Crippen LogP contribution in [0, 0.1) is 0 Å². The summed E-state index contributed by atoms with van der Waals surface area (Å²) in [6, 6.07) is 7.75. The normalized spacial score (nSPS) is 13.7. The lowest BCUT2D eigenvalue weighted by Gasteiger charge is -2.42. The van der Waals surface area contributed by atoms with Crippen LogP contribution >= 0.6 is 0 Å². The molecule has 0 unspecified atom stereocenters. The lowest BCUT2D eigenvalue weighted by atomic mass is 10.2. The maximum absolute atomic E-state index is 10.3. The van der Waals surface area contributed by atoms with Crippen LogP contribution in [0.25, 0.3) is 0 Å². The Morgan fingerprint density at radius 3 is 1.84 bits per heavy atom. The van der Waals surface area contributed by atoms with Crippen LogP contribution in [0.2, 0.25) is 16.6 Å². The summed E-state index contributed by atoms with van der Waals surface area (Å²) < 4.78 is 17.2. The van der Waals surface area contributed by atoms with E-state index in [1.807, 2.05) is 24.3 Å². The molecule has 1 atom stereocenters. The van der Waals surface area contributed by atoms with E-state index < -0.39 is 14.4 Å². The molecule has 0 aromatic heterocycles. The minimum atomic E-state index is -1.93. The summed E-state index contributed by atoms with van der Waals surface area (Å²) in [5, 5.41) is 10.3. The van der Waals surface area contributed by atoms with Crippen LogP contribution in [0.5, 0.6) is 5.75 Å². The molecule has 0 aliphatic heterocycles. The van der Waals surface area contributed by atoms with Gasteiger partial charge in [0.25, 0.3) is 0 Å². The van der Waals surface area contributed by atoms with Crippen LogP contribution in [0.3, 0.4) is 0 Å². The van der Waals surface area contributed by atoms with E-state index in [2.05, 4.69) is 41.5 Å². The third-order valence-electron chi connectivity index (χ3n) is 4.97. The maximum Gasteiger partial charge on any atom is 0.200 e. The number of ether oxygens (including phenoxy) is 2. The second-order valence-electron chi connectivity index (χ2n) is 7.65. The van der Waals surface area contributed by atoms with Crippen LogP contribution in [-0.2, 0) is 15.8 Å². The molecule has 0 saturated carbocycles. The zero-order valence-corrected chi connectivity index (χ0v) is 17.9. The predicted molar refractivity (Wildman–Crippen MR) is 106 cm³/mol. The van der Waals surface area contributed by atoms with E-state index in [1.165, 1.54) is 0 Å². The number of aliphatic hydroxyl groups is 1. The molecule has 0 bridgehead atoms. The molecule has 0 aliphatic rings. The van der Waals surface area contributed by atoms with Crippen molar-refractivity contribution >= 4 is 8.32 Å². The quantitative estimate of drug-likeness (QED) is 0.572. The molecule has 1 rings (SSSR count). The highest BCUT2D eigenvalue weighted by molar-refractivity contribution is 6.77. The van der Waals surface area contributed by atoms with E-state index in [9.17, 15) is 5.11 Å². The third-order valence-corrected chi connectivity index (χ3v) is 11.1. The monoisotopic (exact) mass is 368 g/mol. The average molecular weight is 369 g/mol. The summed E-state index contributed by atoms with van der Waals surface area (Å²) in [5.41, 5.74) is 2.60. The van der Waals surface area contributed by atoms with Crippen LogP contribution in [0.4, 0.5) is 0 Å². The molecule has 0 radical (unpaired) electrons. The van der Waals surface area contributed by atoms with Crippen molar-refractivity contribution in [2.45, 2.75) is 70.9 Å². The first-order valence-electron chi connectivity index (χ1n) is 9.26. The van der Waals surface area contributed by atoms with Gasteiger partial charge in [0.15, 0.2) is 8.32 Å². The van der Waals surface area contributed by atoms with E-state index in [0.29, 0.717) is 29.8 Å². The van der Waals surface area contributed by atoms with E-state index in [4.69, 9.17) is 13.9 Å². The molecule has 0 saturated heterocycles. The SMILES string of the molecule is COc1ccc(COC[C@@H](O)CO[Si](C(C)C)(C(C)C)C(C)C)cc1. The minimum absolute atomic E-state index is 0.283. The molecule has 1 aromatic rings. The van der Waals surface area contributed by atoms with Gasteiger partial charge in [0.1, 0.15) is 5.75 Å². The number of hydrogen-bond acceptors (Lipinski definition) is 4. The molecule has 5 heteroatoms. The Hall–Kier alpha value is -0.883. The molecule has 1 aromatic carbocycles. The summed E-state index contributed by atoms with van der Waals surface area (Å²) in [6.07, 6.45) is -0.596. The zero-order chi connectivity index (χ0) is 19.0. The lowest BCUT2D eigenvalue weighted by Crippen LogP contribution is -2.49. The van der Waals surface area contributed by atoms with Gasteiger partial charge in [-0.3, -0.25) is 0 Å². The standard InChI is InChI=1S/C20H36O4Si/c1-15(2)25(16(3)4,17(5)6)24-14-19(21)13-23-12-18-8-10-20(22-7)11-9-18/h8-11,15-17,19,21H,12-14H2,1-7H3/t19-/m1/s1. The van der Waals surface area contributed by atoms with Crippen molar-refractivity contribution in [2.24, 2.45) is 0 Å². The fourth-order valence-corrected chi connectivity index (χ4v) is 9.30. The molecular weight excluding hydrogens is 332 g/mol. The molecule has 25 heavy (non-hydrogen) atoms. The van der Waals surface area contributed by atoms with Crippen molar-refractivity contribution in [1.29, 1.82) is 0 Å². The second kappa shape index (κ2) is 10.3. The summed E-state index contributed by atoms with van der Waals surface area (Å²) in [6.45, 7) is 14.6. The molecule has 0 fully saturated rings. The fourth-order valence-electron chi connectivity index (χ4n) is 3.82. The van der Waals surface area contributed by atoms with Gasteiger partial charge in [0.05, 0.1) is 33.0 Å². The highest BCUT2D eigenvalue weighted by Gasteiger charge is 2.45. The van der Waals surface area contributed by atoms with Gasteiger partial charge in [-0.25, -0.2) is 0 Å². The topological polar surface area (TPSA) is 47.9 Å². The van der Waals surface area contributed by atoms with Crippen molar-refractivity contribution in [3.05, 3.63) is 29.8 Å². The van der Waals surface area contributed by atoms with Crippen LogP contribution in [0.1, 0.15) is 47.1 Å². The second-order valence-corrected chi connectivity index (χ2v) is 13.1. The van der Waals surface area contributed by atoms with Crippen LogP contribution in [0.15, 0.2) is 24.3 Å². The highest BCUT2D eigenvalue weighted by atomic mass is 28.4. The highest BCUT2D eigenvalue weighted by Crippen LogP contribution is 2.42. The summed E-state index contributed by atoms with van der Waals surface area (Å²) in [7, 11) is -0.284. The van der Waals surface area contributed by atoms with E-state index >= 15 is 0 Å². The molecule has 4 nitrogen and oxygen atoms in total. The van der Waals surface area contributed by atoms with Gasteiger partial charge < -0.3 is 19.0 Å². The van der Waals surface area contributed by atoms with Crippen LogP contribution in [-0.4, -0.2) is 39.9 Å². The van der Waals surface area contributed by atoms with E-state index in [0.717, 1.165) is 11.3 Å². The summed E-state index contributed by atoms with van der Waals surface area (Å²) >= 11 is 0. The number of hydrogen-bond donors (Lipinski definition) is 1. The van der Waals surface area contributed by atoms with Crippen molar-refractivity contribution in [1.82, 2.24) is 0 Å². The third kappa shape index (κ3) is 6.10. The number of rotatable bonds is 11. The van der Waals surface area contributed by atoms with E-state index in [-0.39, 0.29) is 6.61 Å². The fraction of sp³-hybridized carbons (Fsp3) is 0.700. The largest absolute Gasteiger partial charge is 0.497 e. The first kappa shape index (κ1) is 22.2. The van der Waals surface area contributed by atoms with Gasteiger partial charge in [-0.2, -0.15) is 0 Å². The first-order valence-corrected chi connectivity index (χ1v) is 11.4. The molecule has 0 amide bonds. The van der Waals surface area contributed by atoms with Gasteiger partial charge in [0, 0.05) is 0 Å². The Balaban J connectivity index is 2.48. The van der Waals surface area contributed by atoms with Crippen molar-refractivity contribution in [3.8, 4) is 5.75 Å². The van der Waals surface area contributed by atoms with Crippen molar-refractivity contribution in [3.63, 3.8) is 0 Å². The molecule has 1 N–H and O–H groups in total. The Morgan fingerprint density at radius 2 is 1.40 bits per heavy atom. The van der Waals surface area contributed by atoms with Crippen molar-refractivity contribution < 1.29 is 19.0 Å². The van der Waals surface area contributed by atoms with Gasteiger partial charge in [-0.05, 0) is 34.3 Å². The molecule has 0 spiro atoms. The van der Waals surface area contributed by atoms with Gasteiger partial charge in [-0.1, -0.05) is 53.7 Å². The van der Waals surface area contributed by atoms with Gasteiger partial charge in [0.2, 0.25) is 0 Å². The maximum atomic E-state index is 10.3. The smallest absolute Gasteiger partial charge is 0.200 e. The number of aliphatic hydroxyl groups excluding tert-OH is 1. The van der Waals surface area contributed by atoms with Gasteiger partial charge in [-0.15, -0.1) is 0 Å². The Kier molecular flexibility index (Phi) is 9.14. The van der Waals surface area contributed by atoms with Crippen molar-refractivity contribution in [2.75, 3.05) is 20.3 Å². The molecular formula is C20H36O4Si. The van der Waals surface area contributed by atoms with Crippen LogP contribution < -0.4 is 4.74 Å². The molecule has 144 valence electrons. The summed E-state index contributed by atoms with van der Waals surface area (Å²) in [4.78, 5) is 0. The Labute approximate surface area is 154 Å². The Morgan fingerprint density at radius 1 is 0.880 bits per heavy atom.